The standard InChI is InChI=1S/C17H25NO3S/c1-12-10-13(17(2,3)4)6-7-15(12)16(19)18(5)14-8-9-22(20,21)11-14/h6-7,10,14H,8-9,11H2,1-5H3. The van der Waals surface area contributed by atoms with Crippen LogP contribution in [0.2, 0.25) is 0 Å². The smallest absolute Gasteiger partial charge is 0.254 e. The summed E-state index contributed by atoms with van der Waals surface area (Å²) in [5.41, 5.74) is 2.81. The minimum absolute atomic E-state index is 0.0395. The molecule has 0 aromatic heterocycles. The zero-order chi connectivity index (χ0) is 16.7. The van der Waals surface area contributed by atoms with E-state index in [1.54, 1.807) is 11.9 Å². The van der Waals surface area contributed by atoms with E-state index in [1.165, 1.54) is 5.56 Å². The normalized spacial score (nSPS) is 20.9. The van der Waals surface area contributed by atoms with Crippen molar-refractivity contribution in [1.82, 2.24) is 4.90 Å². The lowest BCUT2D eigenvalue weighted by Crippen LogP contribution is -2.38. The molecule has 1 amide bonds. The molecule has 0 spiro atoms. The van der Waals surface area contributed by atoms with Crippen LogP contribution < -0.4 is 0 Å². The van der Waals surface area contributed by atoms with Crippen molar-refractivity contribution in [3.05, 3.63) is 34.9 Å². The Bertz CT molecular complexity index is 686. The van der Waals surface area contributed by atoms with Crippen molar-refractivity contribution < 1.29 is 13.2 Å². The van der Waals surface area contributed by atoms with E-state index in [-0.39, 0.29) is 28.9 Å². The Balaban J connectivity index is 2.23. The molecule has 122 valence electrons. The van der Waals surface area contributed by atoms with Crippen molar-refractivity contribution in [2.75, 3.05) is 18.6 Å². The monoisotopic (exact) mass is 323 g/mol. The first-order valence-electron chi connectivity index (χ1n) is 7.60. The summed E-state index contributed by atoms with van der Waals surface area (Å²) in [7, 11) is -1.29. The number of amides is 1. The molecule has 1 atom stereocenters. The average molecular weight is 323 g/mol. The third kappa shape index (κ3) is 3.51. The molecule has 1 heterocycles. The van der Waals surface area contributed by atoms with Crippen LogP contribution in [0.25, 0.3) is 0 Å². The van der Waals surface area contributed by atoms with Gasteiger partial charge in [-0.15, -0.1) is 0 Å². The van der Waals surface area contributed by atoms with Crippen LogP contribution in [0.5, 0.6) is 0 Å². The van der Waals surface area contributed by atoms with E-state index < -0.39 is 9.84 Å². The van der Waals surface area contributed by atoms with Crippen LogP contribution in [0.4, 0.5) is 0 Å². The second kappa shape index (κ2) is 5.69. The van der Waals surface area contributed by atoms with Gasteiger partial charge in [-0.25, -0.2) is 8.42 Å². The highest BCUT2D eigenvalue weighted by Gasteiger charge is 2.33. The molecule has 0 aliphatic carbocycles. The minimum Gasteiger partial charge on any atom is -0.338 e. The van der Waals surface area contributed by atoms with Crippen molar-refractivity contribution in [3.63, 3.8) is 0 Å². The van der Waals surface area contributed by atoms with Gasteiger partial charge in [0.05, 0.1) is 11.5 Å². The molecule has 0 N–H and O–H groups in total. The predicted octanol–water partition coefficient (Wildman–Crippen LogP) is 2.55. The van der Waals surface area contributed by atoms with Crippen LogP contribution in [-0.2, 0) is 15.3 Å². The maximum Gasteiger partial charge on any atom is 0.254 e. The number of hydrogen-bond donors (Lipinski definition) is 0. The van der Waals surface area contributed by atoms with Crippen LogP contribution in [0.15, 0.2) is 18.2 Å². The van der Waals surface area contributed by atoms with Crippen LogP contribution in [0, 0.1) is 6.92 Å². The van der Waals surface area contributed by atoms with Gasteiger partial charge in [0.25, 0.3) is 5.91 Å². The number of hydrogen-bond acceptors (Lipinski definition) is 3. The van der Waals surface area contributed by atoms with E-state index >= 15 is 0 Å². The Morgan fingerprint density at radius 2 is 1.91 bits per heavy atom. The van der Waals surface area contributed by atoms with E-state index in [4.69, 9.17) is 0 Å². The van der Waals surface area contributed by atoms with E-state index in [2.05, 4.69) is 20.8 Å². The summed E-state index contributed by atoms with van der Waals surface area (Å²) in [5, 5.41) is 0. The second-order valence-corrected chi connectivity index (χ2v) is 9.48. The Morgan fingerprint density at radius 1 is 1.27 bits per heavy atom. The summed E-state index contributed by atoms with van der Waals surface area (Å²) in [4.78, 5) is 14.2. The van der Waals surface area contributed by atoms with Gasteiger partial charge in [-0.3, -0.25) is 4.79 Å². The van der Waals surface area contributed by atoms with Crippen LogP contribution in [0.3, 0.4) is 0 Å². The van der Waals surface area contributed by atoms with E-state index in [0.717, 1.165) is 5.56 Å². The second-order valence-electron chi connectivity index (χ2n) is 7.25. The summed E-state index contributed by atoms with van der Waals surface area (Å²) < 4.78 is 23.2. The maximum absolute atomic E-state index is 12.7. The average Bonchev–Trinajstić information content (AvgIpc) is 2.76. The fraction of sp³-hybridized carbons (Fsp3) is 0.588. The van der Waals surface area contributed by atoms with E-state index in [9.17, 15) is 13.2 Å². The van der Waals surface area contributed by atoms with Gasteiger partial charge in [-0.2, -0.15) is 0 Å². The first kappa shape index (κ1) is 17.0. The number of carbonyl (C=O) groups is 1. The molecule has 1 saturated heterocycles. The molecule has 1 aliphatic rings. The number of carbonyl (C=O) groups excluding carboxylic acids is 1. The van der Waals surface area contributed by atoms with Gasteiger partial charge in [-0.1, -0.05) is 32.9 Å². The molecule has 1 aromatic rings. The third-order valence-electron chi connectivity index (χ3n) is 4.40. The SMILES string of the molecule is Cc1cc(C(C)(C)C)ccc1C(=O)N(C)C1CCS(=O)(=O)C1. The lowest BCUT2D eigenvalue weighted by molar-refractivity contribution is 0.0747. The molecular formula is C17H25NO3S. The summed E-state index contributed by atoms with van der Waals surface area (Å²) in [6, 6.07) is 5.68. The van der Waals surface area contributed by atoms with Gasteiger partial charge in [0.2, 0.25) is 0 Å². The van der Waals surface area contributed by atoms with Crippen LogP contribution >= 0.6 is 0 Å². The topological polar surface area (TPSA) is 54.5 Å². The number of rotatable bonds is 2. The maximum atomic E-state index is 12.7. The number of aryl methyl sites for hydroxylation is 1. The Kier molecular flexibility index (Phi) is 4.39. The molecule has 1 fully saturated rings. The highest BCUT2D eigenvalue weighted by molar-refractivity contribution is 7.91. The van der Waals surface area contributed by atoms with Crippen molar-refractivity contribution in [2.24, 2.45) is 0 Å². The van der Waals surface area contributed by atoms with Gasteiger partial charge in [0.15, 0.2) is 9.84 Å². The molecule has 4 nitrogen and oxygen atoms in total. The zero-order valence-electron chi connectivity index (χ0n) is 14.0. The van der Waals surface area contributed by atoms with Gasteiger partial charge in [-0.05, 0) is 36.0 Å². The predicted molar refractivity (Wildman–Crippen MR) is 89.0 cm³/mol. The highest BCUT2D eigenvalue weighted by atomic mass is 32.2. The summed E-state index contributed by atoms with van der Waals surface area (Å²) >= 11 is 0. The fourth-order valence-electron chi connectivity index (χ4n) is 2.81. The summed E-state index contributed by atoms with van der Waals surface area (Å²) in [6.45, 7) is 8.35. The van der Waals surface area contributed by atoms with Crippen molar-refractivity contribution in [1.29, 1.82) is 0 Å². The first-order valence-corrected chi connectivity index (χ1v) is 9.42. The third-order valence-corrected chi connectivity index (χ3v) is 6.15. The van der Waals surface area contributed by atoms with Gasteiger partial charge in [0.1, 0.15) is 0 Å². The summed E-state index contributed by atoms with van der Waals surface area (Å²) in [6.07, 6.45) is 0.531. The van der Waals surface area contributed by atoms with Crippen molar-refractivity contribution >= 4 is 15.7 Å². The number of nitrogens with zero attached hydrogens (tertiary/aromatic N) is 1. The quantitative estimate of drug-likeness (QED) is 0.840. The lowest BCUT2D eigenvalue weighted by atomic mass is 9.85. The molecule has 1 aliphatic heterocycles. The van der Waals surface area contributed by atoms with Gasteiger partial charge >= 0.3 is 0 Å². The van der Waals surface area contributed by atoms with E-state index in [0.29, 0.717) is 12.0 Å². The lowest BCUT2D eigenvalue weighted by Gasteiger charge is -2.25. The number of benzene rings is 1. The Morgan fingerprint density at radius 3 is 2.36 bits per heavy atom. The Hall–Kier alpha value is -1.36. The molecule has 22 heavy (non-hydrogen) atoms. The molecule has 1 aromatic carbocycles. The molecule has 2 rings (SSSR count). The first-order chi connectivity index (χ1) is 10.0. The molecule has 5 heteroatoms. The highest BCUT2D eigenvalue weighted by Crippen LogP contribution is 2.26. The van der Waals surface area contributed by atoms with Crippen LogP contribution in [-0.4, -0.2) is 43.8 Å². The molecule has 0 saturated carbocycles. The van der Waals surface area contributed by atoms with Crippen LogP contribution in [0.1, 0.15) is 48.7 Å². The molecule has 1 unspecified atom stereocenters. The van der Waals surface area contributed by atoms with Crippen molar-refractivity contribution in [3.8, 4) is 0 Å². The number of sulfone groups is 1. The summed E-state index contributed by atoms with van der Waals surface area (Å²) in [5.74, 6) is 0.158. The minimum atomic E-state index is -2.99. The largest absolute Gasteiger partial charge is 0.338 e. The van der Waals surface area contributed by atoms with E-state index in [1.807, 2.05) is 25.1 Å². The molecule has 0 bridgehead atoms. The Labute approximate surface area is 133 Å². The molecular weight excluding hydrogens is 298 g/mol. The molecule has 0 radical (unpaired) electrons. The van der Waals surface area contributed by atoms with Gasteiger partial charge in [0, 0.05) is 18.7 Å². The fourth-order valence-corrected chi connectivity index (χ4v) is 4.58. The van der Waals surface area contributed by atoms with Crippen molar-refractivity contribution in [2.45, 2.75) is 45.6 Å². The van der Waals surface area contributed by atoms with Gasteiger partial charge < -0.3 is 4.90 Å². The zero-order valence-corrected chi connectivity index (χ0v) is 14.8.